The number of nitrogens with zero attached hydrogens (tertiary/aromatic N) is 1. The largest absolute Gasteiger partial charge is 0.496 e. The molecule has 1 amide bonds. The highest BCUT2D eigenvalue weighted by atomic mass is 16.5. The van der Waals surface area contributed by atoms with Crippen LogP contribution >= 0.6 is 0 Å². The third kappa shape index (κ3) is 4.03. The van der Waals surface area contributed by atoms with E-state index in [1.54, 1.807) is 25.0 Å². The first-order valence-corrected chi connectivity index (χ1v) is 8.94. The highest BCUT2D eigenvalue weighted by Gasteiger charge is 2.34. The molecule has 0 radical (unpaired) electrons. The summed E-state index contributed by atoms with van der Waals surface area (Å²) in [7, 11) is 1.57. The van der Waals surface area contributed by atoms with Crippen molar-refractivity contribution in [2.75, 3.05) is 12.0 Å². The minimum absolute atomic E-state index is 0.0418. The molecule has 1 aliphatic rings. The molecule has 27 heavy (non-hydrogen) atoms. The zero-order chi connectivity index (χ0) is 19.4. The molecule has 2 aromatic carbocycles. The molecule has 0 saturated heterocycles. The number of ether oxygens (including phenoxy) is 2. The van der Waals surface area contributed by atoms with Crippen molar-refractivity contribution in [2.45, 2.75) is 32.4 Å². The number of benzene rings is 2. The number of anilines is 1. The molecule has 5 heteroatoms. The van der Waals surface area contributed by atoms with Crippen molar-refractivity contribution in [1.82, 2.24) is 0 Å². The van der Waals surface area contributed by atoms with E-state index in [-0.39, 0.29) is 11.9 Å². The van der Waals surface area contributed by atoms with Gasteiger partial charge in [0.25, 0.3) is 5.91 Å². The van der Waals surface area contributed by atoms with Crippen LogP contribution in [0, 0.1) is 0 Å². The molecule has 1 heterocycles. The molecule has 1 aliphatic heterocycles. The third-order valence-electron chi connectivity index (χ3n) is 4.62. The molecular weight excluding hydrogens is 342 g/mol. The summed E-state index contributed by atoms with van der Waals surface area (Å²) in [5.74, 6) is -0.124. The SMILES string of the molecule is COc1ccccc1/C=C/C(=O)O[C@H](C)C(=O)N1c2ccccc2C[C@@H]1C. The molecule has 0 bridgehead atoms. The van der Waals surface area contributed by atoms with E-state index in [1.165, 1.54) is 6.08 Å². The number of rotatable bonds is 5. The van der Waals surface area contributed by atoms with Crippen LogP contribution in [0.1, 0.15) is 25.0 Å². The average Bonchev–Trinajstić information content (AvgIpc) is 3.01. The van der Waals surface area contributed by atoms with E-state index >= 15 is 0 Å². The summed E-state index contributed by atoms with van der Waals surface area (Å²) in [6.45, 7) is 3.60. The standard InChI is InChI=1S/C22H23NO4/c1-15-14-18-9-4-6-10-19(18)23(15)22(25)16(2)27-21(24)13-12-17-8-5-7-11-20(17)26-3/h4-13,15-16H,14H2,1-3H3/b13-12+/t15-,16+/m0/s1. The first-order valence-electron chi connectivity index (χ1n) is 8.94. The van der Waals surface area contributed by atoms with Crippen LogP contribution in [-0.4, -0.2) is 31.1 Å². The van der Waals surface area contributed by atoms with Gasteiger partial charge in [-0.15, -0.1) is 0 Å². The molecule has 0 fully saturated rings. The zero-order valence-corrected chi connectivity index (χ0v) is 15.7. The summed E-state index contributed by atoms with van der Waals surface area (Å²) in [4.78, 5) is 26.7. The van der Waals surface area contributed by atoms with Gasteiger partial charge in [-0.25, -0.2) is 4.79 Å². The van der Waals surface area contributed by atoms with E-state index in [1.807, 2.05) is 55.5 Å². The predicted molar refractivity (Wildman–Crippen MR) is 105 cm³/mol. The Bertz CT molecular complexity index is 874. The Morgan fingerprint density at radius 3 is 2.63 bits per heavy atom. The lowest BCUT2D eigenvalue weighted by Gasteiger charge is -2.25. The first kappa shape index (κ1) is 18.7. The molecule has 0 saturated carbocycles. The Kier molecular flexibility index (Phi) is 5.60. The van der Waals surface area contributed by atoms with E-state index in [0.717, 1.165) is 23.2 Å². The second-order valence-corrected chi connectivity index (χ2v) is 6.54. The molecule has 0 N–H and O–H groups in total. The summed E-state index contributed by atoms with van der Waals surface area (Å²) >= 11 is 0. The minimum atomic E-state index is -0.867. The smallest absolute Gasteiger partial charge is 0.331 e. The number of para-hydroxylation sites is 2. The second-order valence-electron chi connectivity index (χ2n) is 6.54. The number of hydrogen-bond donors (Lipinski definition) is 0. The zero-order valence-electron chi connectivity index (χ0n) is 15.7. The quantitative estimate of drug-likeness (QED) is 0.600. The number of carbonyl (C=O) groups excluding carboxylic acids is 2. The molecule has 2 atom stereocenters. The van der Waals surface area contributed by atoms with Gasteiger partial charge in [0, 0.05) is 23.4 Å². The highest BCUT2D eigenvalue weighted by molar-refractivity contribution is 6.00. The van der Waals surface area contributed by atoms with Crippen LogP contribution in [0.3, 0.4) is 0 Å². The topological polar surface area (TPSA) is 55.8 Å². The molecule has 0 aromatic heterocycles. The van der Waals surface area contributed by atoms with Crippen molar-refractivity contribution in [3.8, 4) is 5.75 Å². The van der Waals surface area contributed by atoms with Crippen molar-refractivity contribution in [1.29, 1.82) is 0 Å². The van der Waals surface area contributed by atoms with Gasteiger partial charge in [-0.3, -0.25) is 4.79 Å². The molecular formula is C22H23NO4. The summed E-state index contributed by atoms with van der Waals surface area (Å²) in [6, 6.07) is 15.2. The maximum atomic E-state index is 12.8. The van der Waals surface area contributed by atoms with Gasteiger partial charge in [0.1, 0.15) is 5.75 Å². The lowest BCUT2D eigenvalue weighted by Crippen LogP contribution is -2.43. The molecule has 3 rings (SSSR count). The van der Waals surface area contributed by atoms with E-state index in [9.17, 15) is 9.59 Å². The second kappa shape index (κ2) is 8.08. The van der Waals surface area contributed by atoms with Crippen molar-refractivity contribution in [3.05, 3.63) is 65.7 Å². The fourth-order valence-electron chi connectivity index (χ4n) is 3.32. The lowest BCUT2D eigenvalue weighted by molar-refractivity contribution is -0.149. The van der Waals surface area contributed by atoms with Crippen LogP contribution in [0.15, 0.2) is 54.6 Å². The Morgan fingerprint density at radius 1 is 1.15 bits per heavy atom. The average molecular weight is 365 g/mol. The highest BCUT2D eigenvalue weighted by Crippen LogP contribution is 2.32. The van der Waals surface area contributed by atoms with Gasteiger partial charge < -0.3 is 14.4 Å². The van der Waals surface area contributed by atoms with Gasteiger partial charge in [0.15, 0.2) is 6.10 Å². The first-order chi connectivity index (χ1) is 13.0. The minimum Gasteiger partial charge on any atom is -0.496 e. The fraction of sp³-hybridized carbons (Fsp3) is 0.273. The predicted octanol–water partition coefficient (Wildman–Crippen LogP) is 3.62. The molecule has 140 valence electrons. The van der Waals surface area contributed by atoms with Crippen molar-refractivity contribution in [2.24, 2.45) is 0 Å². The number of methoxy groups -OCH3 is 1. The Labute approximate surface area is 159 Å². The van der Waals surface area contributed by atoms with Crippen LogP contribution in [0.2, 0.25) is 0 Å². The Morgan fingerprint density at radius 2 is 1.85 bits per heavy atom. The number of esters is 1. The van der Waals surface area contributed by atoms with E-state index in [2.05, 4.69) is 0 Å². The lowest BCUT2D eigenvalue weighted by atomic mass is 10.1. The number of amides is 1. The normalized spacial score (nSPS) is 16.9. The summed E-state index contributed by atoms with van der Waals surface area (Å²) in [6.07, 6.45) is 2.86. The van der Waals surface area contributed by atoms with E-state index < -0.39 is 12.1 Å². The van der Waals surface area contributed by atoms with E-state index in [0.29, 0.717) is 5.75 Å². The van der Waals surface area contributed by atoms with Crippen LogP contribution in [0.4, 0.5) is 5.69 Å². The maximum Gasteiger partial charge on any atom is 0.331 e. The van der Waals surface area contributed by atoms with Crippen LogP contribution in [-0.2, 0) is 20.7 Å². The summed E-state index contributed by atoms with van der Waals surface area (Å²) in [5.41, 5.74) is 2.79. The van der Waals surface area contributed by atoms with Gasteiger partial charge in [-0.2, -0.15) is 0 Å². The molecule has 2 aromatic rings. The van der Waals surface area contributed by atoms with Crippen molar-refractivity contribution in [3.63, 3.8) is 0 Å². The van der Waals surface area contributed by atoms with Crippen molar-refractivity contribution < 1.29 is 19.1 Å². The fourth-order valence-corrected chi connectivity index (χ4v) is 3.32. The number of carbonyl (C=O) groups is 2. The third-order valence-corrected chi connectivity index (χ3v) is 4.62. The number of fused-ring (bicyclic) bond motifs is 1. The van der Waals surface area contributed by atoms with E-state index in [4.69, 9.17) is 9.47 Å². The Hall–Kier alpha value is -3.08. The number of hydrogen-bond acceptors (Lipinski definition) is 4. The van der Waals surface area contributed by atoms with Gasteiger partial charge >= 0.3 is 5.97 Å². The Balaban J connectivity index is 1.66. The molecule has 0 unspecified atom stereocenters. The molecule has 5 nitrogen and oxygen atoms in total. The summed E-state index contributed by atoms with van der Waals surface area (Å²) < 4.78 is 10.6. The maximum absolute atomic E-state index is 12.8. The monoisotopic (exact) mass is 365 g/mol. The van der Waals surface area contributed by atoms with Crippen LogP contribution in [0.25, 0.3) is 6.08 Å². The summed E-state index contributed by atoms with van der Waals surface area (Å²) in [5, 5.41) is 0. The van der Waals surface area contributed by atoms with Gasteiger partial charge in [-0.05, 0) is 44.0 Å². The molecule has 0 aliphatic carbocycles. The van der Waals surface area contributed by atoms with Crippen molar-refractivity contribution >= 4 is 23.6 Å². The van der Waals surface area contributed by atoms with Crippen LogP contribution < -0.4 is 9.64 Å². The van der Waals surface area contributed by atoms with Gasteiger partial charge in [0.2, 0.25) is 0 Å². The van der Waals surface area contributed by atoms with Gasteiger partial charge in [-0.1, -0.05) is 36.4 Å². The van der Waals surface area contributed by atoms with Gasteiger partial charge in [0.05, 0.1) is 7.11 Å². The molecule has 0 spiro atoms. The van der Waals surface area contributed by atoms with Crippen LogP contribution in [0.5, 0.6) is 5.75 Å².